The average Bonchev–Trinajstić information content (AvgIpc) is 2.58. The topological polar surface area (TPSA) is 45.2 Å². The fourth-order valence-corrected chi connectivity index (χ4v) is 2.24. The van der Waals surface area contributed by atoms with Crippen molar-refractivity contribution >= 4 is 11.7 Å². The molecule has 0 aliphatic carbocycles. The molecule has 0 radical (unpaired) electrons. The quantitative estimate of drug-likeness (QED) is 0.793. The monoisotopic (exact) mass is 309 g/mol. The predicted octanol–water partition coefficient (Wildman–Crippen LogP) is 3.73. The number of aromatic nitrogens is 1. The van der Waals surface area contributed by atoms with Gasteiger partial charge >= 0.3 is 0 Å². The SMILES string of the molecule is C=CCNc1ccc(C(=O)N(Cc2ccccc2)C(C)C)cn1. The Labute approximate surface area is 137 Å². The van der Waals surface area contributed by atoms with Crippen LogP contribution >= 0.6 is 0 Å². The van der Waals surface area contributed by atoms with Gasteiger partial charge in [0, 0.05) is 25.3 Å². The van der Waals surface area contributed by atoms with E-state index in [1.54, 1.807) is 18.3 Å². The largest absolute Gasteiger partial charge is 0.367 e. The summed E-state index contributed by atoms with van der Waals surface area (Å²) in [5.74, 6) is 0.729. The highest BCUT2D eigenvalue weighted by atomic mass is 16.2. The first kappa shape index (κ1) is 16.7. The second kappa shape index (κ2) is 8.13. The van der Waals surface area contributed by atoms with Crippen molar-refractivity contribution in [3.05, 3.63) is 72.4 Å². The minimum Gasteiger partial charge on any atom is -0.367 e. The summed E-state index contributed by atoms with van der Waals surface area (Å²) in [6.45, 7) is 8.93. The summed E-state index contributed by atoms with van der Waals surface area (Å²) >= 11 is 0. The number of hydrogen-bond donors (Lipinski definition) is 1. The van der Waals surface area contributed by atoms with E-state index in [2.05, 4.69) is 16.9 Å². The van der Waals surface area contributed by atoms with Crippen LogP contribution < -0.4 is 5.32 Å². The lowest BCUT2D eigenvalue weighted by Crippen LogP contribution is -2.36. The number of benzene rings is 1. The van der Waals surface area contributed by atoms with Gasteiger partial charge < -0.3 is 10.2 Å². The van der Waals surface area contributed by atoms with Gasteiger partial charge in [-0.1, -0.05) is 36.4 Å². The number of amides is 1. The Kier molecular flexibility index (Phi) is 5.92. The van der Waals surface area contributed by atoms with Crippen LogP contribution in [0.1, 0.15) is 29.8 Å². The zero-order valence-electron chi connectivity index (χ0n) is 13.7. The molecule has 0 unspecified atom stereocenters. The van der Waals surface area contributed by atoms with E-state index in [4.69, 9.17) is 0 Å². The Hall–Kier alpha value is -2.62. The summed E-state index contributed by atoms with van der Waals surface area (Å²) < 4.78 is 0. The summed E-state index contributed by atoms with van der Waals surface area (Å²) in [5.41, 5.74) is 1.71. The maximum Gasteiger partial charge on any atom is 0.255 e. The van der Waals surface area contributed by atoms with Gasteiger partial charge in [-0.2, -0.15) is 0 Å². The number of anilines is 1. The molecular weight excluding hydrogens is 286 g/mol. The van der Waals surface area contributed by atoms with Crippen LogP contribution in [0.2, 0.25) is 0 Å². The number of nitrogens with one attached hydrogen (secondary N) is 1. The lowest BCUT2D eigenvalue weighted by molar-refractivity contribution is 0.0690. The molecule has 120 valence electrons. The molecule has 2 rings (SSSR count). The summed E-state index contributed by atoms with van der Waals surface area (Å²) in [5, 5.41) is 3.10. The molecule has 1 N–H and O–H groups in total. The van der Waals surface area contributed by atoms with Crippen LogP contribution in [-0.2, 0) is 6.54 Å². The fraction of sp³-hybridized carbons (Fsp3) is 0.263. The second-order valence-electron chi connectivity index (χ2n) is 5.61. The van der Waals surface area contributed by atoms with E-state index in [-0.39, 0.29) is 11.9 Å². The zero-order chi connectivity index (χ0) is 16.7. The van der Waals surface area contributed by atoms with Gasteiger partial charge in [0.2, 0.25) is 0 Å². The molecule has 2 aromatic rings. The van der Waals surface area contributed by atoms with Crippen molar-refractivity contribution < 1.29 is 4.79 Å². The van der Waals surface area contributed by atoms with Gasteiger partial charge in [-0.3, -0.25) is 4.79 Å². The molecule has 0 saturated carbocycles. The van der Waals surface area contributed by atoms with E-state index in [1.807, 2.05) is 55.1 Å². The molecule has 1 heterocycles. The van der Waals surface area contributed by atoms with Crippen molar-refractivity contribution in [1.82, 2.24) is 9.88 Å². The van der Waals surface area contributed by atoms with Crippen molar-refractivity contribution in [2.45, 2.75) is 26.4 Å². The summed E-state index contributed by atoms with van der Waals surface area (Å²) in [6.07, 6.45) is 3.38. The molecule has 1 amide bonds. The number of nitrogens with zero attached hydrogens (tertiary/aromatic N) is 2. The minimum absolute atomic E-state index is 0.00776. The molecule has 1 aromatic carbocycles. The second-order valence-corrected chi connectivity index (χ2v) is 5.61. The normalized spacial score (nSPS) is 10.4. The van der Waals surface area contributed by atoms with Crippen molar-refractivity contribution in [3.8, 4) is 0 Å². The summed E-state index contributed by atoms with van der Waals surface area (Å²) in [6, 6.07) is 13.7. The van der Waals surface area contributed by atoms with E-state index in [1.165, 1.54) is 0 Å². The van der Waals surface area contributed by atoms with Crippen molar-refractivity contribution in [2.75, 3.05) is 11.9 Å². The van der Waals surface area contributed by atoms with Crippen LogP contribution in [0.15, 0.2) is 61.3 Å². The van der Waals surface area contributed by atoms with E-state index in [0.717, 1.165) is 11.4 Å². The Morgan fingerprint density at radius 2 is 2.00 bits per heavy atom. The fourth-order valence-electron chi connectivity index (χ4n) is 2.24. The van der Waals surface area contributed by atoms with Gasteiger partial charge in [0.15, 0.2) is 0 Å². The van der Waals surface area contributed by atoms with Crippen LogP contribution in [0.5, 0.6) is 0 Å². The number of carbonyl (C=O) groups excluding carboxylic acids is 1. The first-order valence-corrected chi connectivity index (χ1v) is 7.77. The molecule has 4 nitrogen and oxygen atoms in total. The molecule has 4 heteroatoms. The first-order chi connectivity index (χ1) is 11.1. The lowest BCUT2D eigenvalue weighted by atomic mass is 10.1. The smallest absolute Gasteiger partial charge is 0.255 e. The van der Waals surface area contributed by atoms with E-state index in [9.17, 15) is 4.79 Å². The third kappa shape index (κ3) is 4.68. The van der Waals surface area contributed by atoms with E-state index in [0.29, 0.717) is 18.7 Å². The van der Waals surface area contributed by atoms with Crippen LogP contribution in [0, 0.1) is 0 Å². The molecule has 0 atom stereocenters. The highest BCUT2D eigenvalue weighted by molar-refractivity contribution is 5.94. The van der Waals surface area contributed by atoms with Crippen molar-refractivity contribution in [1.29, 1.82) is 0 Å². The number of rotatable bonds is 7. The maximum absolute atomic E-state index is 12.8. The summed E-state index contributed by atoms with van der Waals surface area (Å²) in [7, 11) is 0. The molecule has 0 aliphatic rings. The Morgan fingerprint density at radius 1 is 1.26 bits per heavy atom. The van der Waals surface area contributed by atoms with Gasteiger partial charge in [-0.25, -0.2) is 4.98 Å². The minimum atomic E-state index is -0.00776. The van der Waals surface area contributed by atoms with Gasteiger partial charge in [0.05, 0.1) is 5.56 Å². The van der Waals surface area contributed by atoms with Crippen molar-refractivity contribution in [3.63, 3.8) is 0 Å². The number of carbonyl (C=O) groups is 1. The van der Waals surface area contributed by atoms with Crippen LogP contribution in [0.3, 0.4) is 0 Å². The highest BCUT2D eigenvalue weighted by Crippen LogP contribution is 2.14. The van der Waals surface area contributed by atoms with Gasteiger partial charge in [-0.05, 0) is 31.5 Å². The molecule has 1 aromatic heterocycles. The van der Waals surface area contributed by atoms with Crippen LogP contribution in [-0.4, -0.2) is 28.4 Å². The molecule has 0 saturated heterocycles. The maximum atomic E-state index is 12.8. The molecular formula is C19H23N3O. The standard InChI is InChI=1S/C19H23N3O/c1-4-12-20-18-11-10-17(13-21-18)19(23)22(15(2)3)14-16-8-6-5-7-9-16/h4-11,13,15H,1,12,14H2,2-3H3,(H,20,21). The predicted molar refractivity (Wildman–Crippen MR) is 94.4 cm³/mol. The number of hydrogen-bond acceptors (Lipinski definition) is 3. The van der Waals surface area contributed by atoms with E-state index < -0.39 is 0 Å². The number of pyridine rings is 1. The highest BCUT2D eigenvalue weighted by Gasteiger charge is 2.19. The first-order valence-electron chi connectivity index (χ1n) is 7.77. The molecule has 0 fully saturated rings. The molecule has 0 aliphatic heterocycles. The zero-order valence-corrected chi connectivity index (χ0v) is 13.7. The third-order valence-electron chi connectivity index (χ3n) is 3.52. The lowest BCUT2D eigenvalue weighted by Gasteiger charge is -2.27. The molecule has 23 heavy (non-hydrogen) atoms. The van der Waals surface area contributed by atoms with E-state index >= 15 is 0 Å². The Morgan fingerprint density at radius 3 is 2.57 bits per heavy atom. The van der Waals surface area contributed by atoms with Crippen LogP contribution in [0.4, 0.5) is 5.82 Å². The molecule has 0 spiro atoms. The van der Waals surface area contributed by atoms with Crippen molar-refractivity contribution in [2.24, 2.45) is 0 Å². The average molecular weight is 309 g/mol. The van der Waals surface area contributed by atoms with Gasteiger partial charge in [0.25, 0.3) is 5.91 Å². The van der Waals surface area contributed by atoms with Gasteiger partial charge in [0.1, 0.15) is 5.82 Å². The Balaban J connectivity index is 2.12. The van der Waals surface area contributed by atoms with Crippen LogP contribution in [0.25, 0.3) is 0 Å². The third-order valence-corrected chi connectivity index (χ3v) is 3.52. The summed E-state index contributed by atoms with van der Waals surface area (Å²) in [4.78, 5) is 18.9. The van der Waals surface area contributed by atoms with Gasteiger partial charge in [-0.15, -0.1) is 6.58 Å². The Bertz CT molecular complexity index is 635. The molecule has 0 bridgehead atoms.